The van der Waals surface area contributed by atoms with Crippen molar-refractivity contribution in [2.24, 2.45) is 4.99 Å². The molecule has 1 aromatic carbocycles. The number of guanidine groups is 1. The highest BCUT2D eigenvalue weighted by atomic mass is 19.1. The van der Waals surface area contributed by atoms with Crippen molar-refractivity contribution in [3.8, 4) is 5.75 Å². The maximum absolute atomic E-state index is 13.3. The molecule has 154 valence electrons. The van der Waals surface area contributed by atoms with Gasteiger partial charge in [-0.2, -0.15) is 0 Å². The Balaban J connectivity index is 1.95. The number of aliphatic imine (C=N–C) groups is 1. The summed E-state index contributed by atoms with van der Waals surface area (Å²) in [6.07, 6.45) is 0.698. The summed E-state index contributed by atoms with van der Waals surface area (Å²) in [7, 11) is 0. The van der Waals surface area contributed by atoms with E-state index >= 15 is 0 Å². The molecular weight excluding hydrogens is 359 g/mol. The predicted octanol–water partition coefficient (Wildman–Crippen LogP) is 3.95. The molecule has 0 aliphatic carbocycles. The Morgan fingerprint density at radius 1 is 1.29 bits per heavy atom. The van der Waals surface area contributed by atoms with Gasteiger partial charge in [0.25, 0.3) is 0 Å². The molecule has 2 rings (SSSR count). The summed E-state index contributed by atoms with van der Waals surface area (Å²) in [6, 6.07) is 6.21. The molecule has 0 spiro atoms. The smallest absolute Gasteiger partial charge is 0.191 e. The first-order chi connectivity index (χ1) is 13.4. The number of aromatic nitrogens is 1. The van der Waals surface area contributed by atoms with E-state index in [0.29, 0.717) is 18.8 Å². The lowest BCUT2D eigenvalue weighted by Gasteiger charge is -2.20. The molecule has 0 bridgehead atoms. The summed E-state index contributed by atoms with van der Waals surface area (Å²) in [5.41, 5.74) is 2.02. The van der Waals surface area contributed by atoms with Crippen LogP contribution in [0.4, 0.5) is 4.39 Å². The van der Waals surface area contributed by atoms with Gasteiger partial charge in [0, 0.05) is 30.6 Å². The van der Waals surface area contributed by atoms with Gasteiger partial charge in [0.15, 0.2) is 5.96 Å². The highest BCUT2D eigenvalue weighted by Crippen LogP contribution is 2.23. The van der Waals surface area contributed by atoms with Crippen LogP contribution in [0.3, 0.4) is 0 Å². The van der Waals surface area contributed by atoms with Crippen molar-refractivity contribution in [3.05, 3.63) is 47.1 Å². The van der Waals surface area contributed by atoms with Crippen molar-refractivity contribution in [2.45, 2.75) is 53.1 Å². The topological polar surface area (TPSA) is 71.7 Å². The Morgan fingerprint density at radius 2 is 2.07 bits per heavy atom. The van der Waals surface area contributed by atoms with Crippen molar-refractivity contribution in [1.82, 2.24) is 15.8 Å². The van der Waals surface area contributed by atoms with Crippen molar-refractivity contribution in [3.63, 3.8) is 0 Å². The van der Waals surface area contributed by atoms with Crippen LogP contribution in [0.15, 0.2) is 33.8 Å². The van der Waals surface area contributed by atoms with Crippen LogP contribution < -0.4 is 15.4 Å². The number of nitrogens with zero attached hydrogens (tertiary/aromatic N) is 2. The summed E-state index contributed by atoms with van der Waals surface area (Å²) >= 11 is 0. The van der Waals surface area contributed by atoms with E-state index in [4.69, 9.17) is 9.26 Å². The third-order valence-electron chi connectivity index (χ3n) is 4.50. The van der Waals surface area contributed by atoms with Crippen LogP contribution in [0, 0.1) is 19.7 Å². The second-order valence-corrected chi connectivity index (χ2v) is 6.84. The van der Waals surface area contributed by atoms with E-state index in [2.05, 4.69) is 27.7 Å². The minimum atomic E-state index is -0.302. The van der Waals surface area contributed by atoms with Gasteiger partial charge in [-0.25, -0.2) is 4.39 Å². The SMILES string of the molecule is CCNC(=NCC(C)c1c(C)noc1C)NCC(CC)Oc1cccc(F)c1. The molecule has 0 saturated heterocycles. The van der Waals surface area contributed by atoms with E-state index in [-0.39, 0.29) is 17.8 Å². The Morgan fingerprint density at radius 3 is 2.68 bits per heavy atom. The molecule has 2 unspecified atom stereocenters. The second kappa shape index (κ2) is 10.7. The monoisotopic (exact) mass is 390 g/mol. The van der Waals surface area contributed by atoms with Crippen LogP contribution >= 0.6 is 0 Å². The zero-order valence-electron chi connectivity index (χ0n) is 17.4. The second-order valence-electron chi connectivity index (χ2n) is 6.84. The van der Waals surface area contributed by atoms with Gasteiger partial charge in [0.1, 0.15) is 23.4 Å². The summed E-state index contributed by atoms with van der Waals surface area (Å²) in [5, 5.41) is 10.6. The fourth-order valence-corrected chi connectivity index (χ4v) is 3.07. The molecule has 1 aromatic heterocycles. The Kier molecular flexibility index (Phi) is 8.29. The Labute approximate surface area is 166 Å². The van der Waals surface area contributed by atoms with Crippen LogP contribution in [0.25, 0.3) is 0 Å². The number of benzene rings is 1. The van der Waals surface area contributed by atoms with Crippen LogP contribution in [0.5, 0.6) is 5.75 Å². The highest BCUT2D eigenvalue weighted by molar-refractivity contribution is 5.79. The van der Waals surface area contributed by atoms with E-state index in [0.717, 1.165) is 35.9 Å². The molecule has 1 heterocycles. The zero-order valence-corrected chi connectivity index (χ0v) is 17.4. The number of hydrogen-bond donors (Lipinski definition) is 2. The molecule has 0 fully saturated rings. The number of rotatable bonds is 9. The molecule has 7 heteroatoms. The van der Waals surface area contributed by atoms with E-state index in [9.17, 15) is 4.39 Å². The average Bonchev–Trinajstić information content (AvgIpc) is 3.01. The fraction of sp³-hybridized carbons (Fsp3) is 0.524. The van der Waals surface area contributed by atoms with Crippen molar-refractivity contribution < 1.29 is 13.7 Å². The third-order valence-corrected chi connectivity index (χ3v) is 4.50. The Bertz CT molecular complexity index is 756. The highest BCUT2D eigenvalue weighted by Gasteiger charge is 2.16. The number of ether oxygens (including phenoxy) is 1. The summed E-state index contributed by atoms with van der Waals surface area (Å²) in [5.74, 6) is 1.99. The van der Waals surface area contributed by atoms with Crippen LogP contribution in [0.2, 0.25) is 0 Å². The largest absolute Gasteiger partial charge is 0.489 e. The molecule has 2 N–H and O–H groups in total. The van der Waals surface area contributed by atoms with Crippen LogP contribution in [-0.4, -0.2) is 36.9 Å². The van der Waals surface area contributed by atoms with Crippen molar-refractivity contribution in [2.75, 3.05) is 19.6 Å². The quantitative estimate of drug-likeness (QED) is 0.501. The Hall–Kier alpha value is -2.57. The number of aryl methyl sites for hydroxylation is 2. The normalized spacial score (nSPS) is 13.9. The number of hydrogen-bond acceptors (Lipinski definition) is 4. The lowest BCUT2D eigenvalue weighted by atomic mass is 10.00. The summed E-state index contributed by atoms with van der Waals surface area (Å²) in [4.78, 5) is 4.69. The van der Waals surface area contributed by atoms with Gasteiger partial charge in [-0.05, 0) is 39.3 Å². The third kappa shape index (κ3) is 6.25. The average molecular weight is 391 g/mol. The predicted molar refractivity (Wildman–Crippen MR) is 109 cm³/mol. The van der Waals surface area contributed by atoms with Crippen molar-refractivity contribution >= 4 is 5.96 Å². The zero-order chi connectivity index (χ0) is 20.5. The van der Waals surface area contributed by atoms with Gasteiger partial charge in [0.05, 0.1) is 12.2 Å². The van der Waals surface area contributed by atoms with Gasteiger partial charge < -0.3 is 19.9 Å². The van der Waals surface area contributed by atoms with Crippen LogP contribution in [0.1, 0.15) is 50.1 Å². The molecule has 0 amide bonds. The van der Waals surface area contributed by atoms with E-state index in [1.165, 1.54) is 12.1 Å². The lowest BCUT2D eigenvalue weighted by molar-refractivity contribution is 0.198. The van der Waals surface area contributed by atoms with E-state index in [1.54, 1.807) is 12.1 Å². The summed E-state index contributed by atoms with van der Waals surface area (Å²) < 4.78 is 24.5. The number of nitrogens with one attached hydrogen (secondary N) is 2. The molecule has 2 atom stereocenters. The molecule has 2 aromatic rings. The minimum absolute atomic E-state index is 0.0920. The first-order valence-corrected chi connectivity index (χ1v) is 9.81. The van der Waals surface area contributed by atoms with E-state index < -0.39 is 0 Å². The standard InChI is InChI=1S/C21H31FN4O2/c1-6-18(27-19-10-8-9-17(22)11-19)13-25-21(23-7-2)24-12-14(3)20-15(4)26-28-16(20)5/h8-11,14,18H,6-7,12-13H2,1-5H3,(H2,23,24,25). The number of halogens is 1. The van der Waals surface area contributed by atoms with Gasteiger partial charge in [-0.15, -0.1) is 0 Å². The first kappa shape index (κ1) is 21.7. The van der Waals surface area contributed by atoms with Crippen molar-refractivity contribution in [1.29, 1.82) is 0 Å². The fourth-order valence-electron chi connectivity index (χ4n) is 3.07. The lowest BCUT2D eigenvalue weighted by Crippen LogP contribution is -2.42. The maximum Gasteiger partial charge on any atom is 0.191 e. The molecule has 0 aliphatic rings. The van der Waals surface area contributed by atoms with Gasteiger partial charge in [0.2, 0.25) is 0 Å². The van der Waals surface area contributed by atoms with Gasteiger partial charge >= 0.3 is 0 Å². The summed E-state index contributed by atoms with van der Waals surface area (Å²) in [6.45, 7) is 12.0. The van der Waals surface area contributed by atoms with Crippen LogP contribution in [-0.2, 0) is 0 Å². The maximum atomic E-state index is 13.3. The molecule has 28 heavy (non-hydrogen) atoms. The molecule has 0 aliphatic heterocycles. The van der Waals surface area contributed by atoms with Gasteiger partial charge in [-0.1, -0.05) is 25.1 Å². The molecule has 6 nitrogen and oxygen atoms in total. The van der Waals surface area contributed by atoms with Gasteiger partial charge in [-0.3, -0.25) is 4.99 Å². The minimum Gasteiger partial charge on any atom is -0.489 e. The van der Waals surface area contributed by atoms with E-state index in [1.807, 2.05) is 27.7 Å². The molecule has 0 radical (unpaired) electrons. The first-order valence-electron chi connectivity index (χ1n) is 9.81. The molecular formula is C21H31FN4O2. The molecule has 0 saturated carbocycles.